The summed E-state index contributed by atoms with van der Waals surface area (Å²) in [6, 6.07) is 14.1. The standard InChI is InChI=1S/C22H26N2O4/c1-15-13-24(22(26)18-8-6-10-20(12-18)28-4)16(2)14-23(15)21(25)17-7-5-9-19(11-17)27-3/h5-12,15-16H,13-14H2,1-4H3. The fraction of sp³-hybridized carbons (Fsp3) is 0.364. The highest BCUT2D eigenvalue weighted by Crippen LogP contribution is 2.23. The molecule has 0 aliphatic carbocycles. The highest BCUT2D eigenvalue weighted by atomic mass is 16.5. The van der Waals surface area contributed by atoms with Gasteiger partial charge in [0, 0.05) is 36.3 Å². The normalized spacial score (nSPS) is 19.3. The Labute approximate surface area is 165 Å². The van der Waals surface area contributed by atoms with Crippen molar-refractivity contribution in [3.8, 4) is 11.5 Å². The Kier molecular flexibility index (Phi) is 5.87. The van der Waals surface area contributed by atoms with Gasteiger partial charge in [-0.05, 0) is 50.2 Å². The molecule has 6 heteroatoms. The molecule has 0 aromatic heterocycles. The number of methoxy groups -OCH3 is 2. The van der Waals surface area contributed by atoms with Gasteiger partial charge in [0.05, 0.1) is 14.2 Å². The number of rotatable bonds is 4. The lowest BCUT2D eigenvalue weighted by Gasteiger charge is -2.44. The van der Waals surface area contributed by atoms with Gasteiger partial charge in [0.1, 0.15) is 11.5 Å². The molecule has 1 heterocycles. The zero-order valence-electron chi connectivity index (χ0n) is 16.7. The lowest BCUT2D eigenvalue weighted by Crippen LogP contribution is -2.59. The van der Waals surface area contributed by atoms with E-state index in [9.17, 15) is 9.59 Å². The molecule has 0 radical (unpaired) electrons. The zero-order valence-corrected chi connectivity index (χ0v) is 16.7. The molecule has 2 amide bonds. The Morgan fingerprint density at radius 2 is 1.18 bits per heavy atom. The summed E-state index contributed by atoms with van der Waals surface area (Å²) in [7, 11) is 3.16. The summed E-state index contributed by atoms with van der Waals surface area (Å²) < 4.78 is 10.4. The van der Waals surface area contributed by atoms with Crippen molar-refractivity contribution in [2.75, 3.05) is 27.3 Å². The number of benzene rings is 2. The molecule has 2 unspecified atom stereocenters. The molecular formula is C22H26N2O4. The molecule has 6 nitrogen and oxygen atoms in total. The molecule has 0 bridgehead atoms. The van der Waals surface area contributed by atoms with Gasteiger partial charge < -0.3 is 19.3 Å². The molecule has 0 spiro atoms. The van der Waals surface area contributed by atoms with Gasteiger partial charge in [0.15, 0.2) is 0 Å². The third-order valence-corrected chi connectivity index (χ3v) is 5.14. The first kappa shape index (κ1) is 19.7. The smallest absolute Gasteiger partial charge is 0.254 e. The van der Waals surface area contributed by atoms with Crippen molar-refractivity contribution in [3.63, 3.8) is 0 Å². The van der Waals surface area contributed by atoms with Crippen molar-refractivity contribution in [1.82, 2.24) is 9.80 Å². The minimum atomic E-state index is -0.0931. The molecular weight excluding hydrogens is 356 g/mol. The van der Waals surface area contributed by atoms with Crippen molar-refractivity contribution in [1.29, 1.82) is 0 Å². The molecule has 2 aromatic carbocycles. The van der Waals surface area contributed by atoms with Crippen LogP contribution in [0.3, 0.4) is 0 Å². The minimum Gasteiger partial charge on any atom is -0.497 e. The first-order valence-electron chi connectivity index (χ1n) is 9.34. The summed E-state index contributed by atoms with van der Waals surface area (Å²) in [6.45, 7) is 4.89. The van der Waals surface area contributed by atoms with Crippen molar-refractivity contribution < 1.29 is 19.1 Å². The fourth-order valence-electron chi connectivity index (χ4n) is 3.54. The van der Waals surface area contributed by atoms with Crippen LogP contribution in [0.1, 0.15) is 34.6 Å². The lowest BCUT2D eigenvalue weighted by atomic mass is 10.0. The molecule has 148 valence electrons. The van der Waals surface area contributed by atoms with Gasteiger partial charge in [-0.3, -0.25) is 9.59 Å². The maximum Gasteiger partial charge on any atom is 0.254 e. The van der Waals surface area contributed by atoms with Crippen LogP contribution in [0.2, 0.25) is 0 Å². The number of amides is 2. The van der Waals surface area contributed by atoms with Gasteiger partial charge in [-0.25, -0.2) is 0 Å². The molecule has 3 rings (SSSR count). The molecule has 2 atom stereocenters. The van der Waals surface area contributed by atoms with E-state index in [1.807, 2.05) is 47.9 Å². The van der Waals surface area contributed by atoms with Crippen LogP contribution in [0.15, 0.2) is 48.5 Å². The van der Waals surface area contributed by atoms with E-state index in [0.717, 1.165) is 0 Å². The predicted octanol–water partition coefficient (Wildman–Crippen LogP) is 3.08. The van der Waals surface area contributed by atoms with Gasteiger partial charge in [0.2, 0.25) is 0 Å². The fourth-order valence-corrected chi connectivity index (χ4v) is 3.54. The highest BCUT2D eigenvalue weighted by molar-refractivity contribution is 5.96. The van der Waals surface area contributed by atoms with Crippen LogP contribution in [-0.2, 0) is 0 Å². The summed E-state index contributed by atoms with van der Waals surface area (Å²) in [5.74, 6) is 1.20. The minimum absolute atomic E-state index is 0.0493. The van der Waals surface area contributed by atoms with E-state index < -0.39 is 0 Å². The van der Waals surface area contributed by atoms with Gasteiger partial charge in [-0.2, -0.15) is 0 Å². The third-order valence-electron chi connectivity index (χ3n) is 5.14. The first-order valence-corrected chi connectivity index (χ1v) is 9.34. The molecule has 28 heavy (non-hydrogen) atoms. The predicted molar refractivity (Wildman–Crippen MR) is 107 cm³/mol. The van der Waals surface area contributed by atoms with Crippen LogP contribution in [0.4, 0.5) is 0 Å². The first-order chi connectivity index (χ1) is 13.4. The van der Waals surface area contributed by atoms with E-state index in [1.165, 1.54) is 0 Å². The number of piperazine rings is 1. The average Bonchev–Trinajstić information content (AvgIpc) is 2.74. The summed E-state index contributed by atoms with van der Waals surface area (Å²) >= 11 is 0. The summed E-state index contributed by atoms with van der Waals surface area (Å²) in [5, 5.41) is 0. The number of carbonyl (C=O) groups excluding carboxylic acids is 2. The van der Waals surface area contributed by atoms with Crippen LogP contribution in [0.25, 0.3) is 0 Å². The van der Waals surface area contributed by atoms with Crippen LogP contribution in [-0.4, -0.2) is 61.0 Å². The number of ether oxygens (including phenoxy) is 2. The summed E-state index contributed by atoms with van der Waals surface area (Å²) in [5.41, 5.74) is 1.18. The van der Waals surface area contributed by atoms with Gasteiger partial charge >= 0.3 is 0 Å². The highest BCUT2D eigenvalue weighted by Gasteiger charge is 2.35. The van der Waals surface area contributed by atoms with Crippen molar-refractivity contribution >= 4 is 11.8 Å². The Bertz CT molecular complexity index is 796. The zero-order chi connectivity index (χ0) is 20.3. The second-order valence-corrected chi connectivity index (χ2v) is 7.08. The number of hydrogen-bond acceptors (Lipinski definition) is 4. The van der Waals surface area contributed by atoms with Crippen molar-refractivity contribution in [2.45, 2.75) is 25.9 Å². The molecule has 2 aromatic rings. The third kappa shape index (κ3) is 3.96. The van der Waals surface area contributed by atoms with E-state index in [-0.39, 0.29) is 23.9 Å². The quantitative estimate of drug-likeness (QED) is 0.815. The SMILES string of the molecule is COc1cccc(C(=O)N2CC(C)N(C(=O)c3cccc(OC)c3)CC2C)c1. The molecule has 1 saturated heterocycles. The van der Waals surface area contributed by atoms with Crippen LogP contribution in [0, 0.1) is 0 Å². The van der Waals surface area contributed by atoms with E-state index in [2.05, 4.69) is 0 Å². The van der Waals surface area contributed by atoms with Gasteiger partial charge in [-0.15, -0.1) is 0 Å². The van der Waals surface area contributed by atoms with Gasteiger partial charge in [-0.1, -0.05) is 12.1 Å². The molecule has 1 fully saturated rings. The lowest BCUT2D eigenvalue weighted by molar-refractivity contribution is 0.0270. The number of hydrogen-bond donors (Lipinski definition) is 0. The van der Waals surface area contributed by atoms with E-state index in [1.54, 1.807) is 38.5 Å². The van der Waals surface area contributed by atoms with Crippen LogP contribution >= 0.6 is 0 Å². The summed E-state index contributed by atoms with van der Waals surface area (Å²) in [4.78, 5) is 29.7. The molecule has 1 aliphatic rings. The average molecular weight is 382 g/mol. The summed E-state index contributed by atoms with van der Waals surface area (Å²) in [6.07, 6.45) is 0. The van der Waals surface area contributed by atoms with E-state index in [0.29, 0.717) is 35.7 Å². The van der Waals surface area contributed by atoms with E-state index >= 15 is 0 Å². The largest absolute Gasteiger partial charge is 0.497 e. The topological polar surface area (TPSA) is 59.1 Å². The molecule has 0 saturated carbocycles. The Balaban J connectivity index is 1.76. The number of nitrogens with zero attached hydrogens (tertiary/aromatic N) is 2. The number of carbonyl (C=O) groups is 2. The Hall–Kier alpha value is -3.02. The van der Waals surface area contributed by atoms with Crippen molar-refractivity contribution in [3.05, 3.63) is 59.7 Å². The maximum absolute atomic E-state index is 13.0. The van der Waals surface area contributed by atoms with Gasteiger partial charge in [0.25, 0.3) is 11.8 Å². The van der Waals surface area contributed by atoms with Crippen LogP contribution in [0.5, 0.6) is 11.5 Å². The van der Waals surface area contributed by atoms with E-state index in [4.69, 9.17) is 9.47 Å². The Morgan fingerprint density at radius 3 is 1.54 bits per heavy atom. The van der Waals surface area contributed by atoms with Crippen LogP contribution < -0.4 is 9.47 Å². The molecule has 1 aliphatic heterocycles. The molecule has 0 N–H and O–H groups in total. The Morgan fingerprint density at radius 1 is 0.786 bits per heavy atom. The van der Waals surface area contributed by atoms with Crippen molar-refractivity contribution in [2.24, 2.45) is 0 Å². The monoisotopic (exact) mass is 382 g/mol. The second kappa shape index (κ2) is 8.33. The second-order valence-electron chi connectivity index (χ2n) is 7.08. The maximum atomic E-state index is 13.0.